The number of hydrogen-bond acceptors (Lipinski definition) is 2. The Morgan fingerprint density at radius 2 is 1.83 bits per heavy atom. The van der Waals surface area contributed by atoms with Gasteiger partial charge in [0.25, 0.3) is 0 Å². The SMILES string of the molecule is O=C(NCc1ccc2c(c1)CCO2)C12CC3CC(CC(C3)C1)C2. The van der Waals surface area contributed by atoms with Gasteiger partial charge in [-0.1, -0.05) is 12.1 Å². The number of carbonyl (C=O) groups excluding carboxylic acids is 1. The molecule has 4 fully saturated rings. The van der Waals surface area contributed by atoms with Crippen molar-refractivity contribution < 1.29 is 9.53 Å². The number of carbonyl (C=O) groups is 1. The van der Waals surface area contributed by atoms with Crippen molar-refractivity contribution in [2.45, 2.75) is 51.5 Å². The third-order valence-corrected chi connectivity index (χ3v) is 6.73. The first kappa shape index (κ1) is 13.9. The predicted octanol–water partition coefficient (Wildman–Crippen LogP) is 3.45. The molecule has 23 heavy (non-hydrogen) atoms. The quantitative estimate of drug-likeness (QED) is 0.928. The monoisotopic (exact) mass is 311 g/mol. The van der Waals surface area contributed by atoms with Crippen LogP contribution in [0.5, 0.6) is 5.75 Å². The topological polar surface area (TPSA) is 38.3 Å². The second-order valence-corrected chi connectivity index (χ2v) is 8.42. The summed E-state index contributed by atoms with van der Waals surface area (Å²) in [5.74, 6) is 3.81. The predicted molar refractivity (Wildman–Crippen MR) is 88.1 cm³/mol. The van der Waals surface area contributed by atoms with Gasteiger partial charge in [0.2, 0.25) is 5.91 Å². The largest absolute Gasteiger partial charge is 0.493 e. The summed E-state index contributed by atoms with van der Waals surface area (Å²) in [4.78, 5) is 13.0. The molecular weight excluding hydrogens is 286 g/mol. The van der Waals surface area contributed by atoms with Crippen molar-refractivity contribution in [3.8, 4) is 5.75 Å². The Morgan fingerprint density at radius 3 is 2.52 bits per heavy atom. The van der Waals surface area contributed by atoms with Crippen LogP contribution in [-0.4, -0.2) is 12.5 Å². The first-order valence-corrected chi connectivity index (χ1v) is 9.23. The van der Waals surface area contributed by atoms with Gasteiger partial charge in [0.05, 0.1) is 6.61 Å². The molecule has 1 amide bonds. The minimum atomic E-state index is -0.0331. The minimum Gasteiger partial charge on any atom is -0.493 e. The van der Waals surface area contributed by atoms with Crippen molar-refractivity contribution in [2.75, 3.05) is 6.61 Å². The molecule has 3 nitrogen and oxygen atoms in total. The maximum absolute atomic E-state index is 13.0. The smallest absolute Gasteiger partial charge is 0.226 e. The van der Waals surface area contributed by atoms with Crippen LogP contribution in [0.2, 0.25) is 0 Å². The van der Waals surface area contributed by atoms with E-state index in [9.17, 15) is 4.79 Å². The van der Waals surface area contributed by atoms with Crippen LogP contribution in [0.3, 0.4) is 0 Å². The van der Waals surface area contributed by atoms with E-state index in [1.54, 1.807) is 0 Å². The normalized spacial score (nSPS) is 36.6. The number of rotatable bonds is 3. The standard InChI is InChI=1S/C20H25NO2/c22-19(20-9-14-5-15(10-20)7-16(6-14)11-20)21-12-13-1-2-18-17(8-13)3-4-23-18/h1-2,8,14-16H,3-7,9-12H2,(H,21,22). The third kappa shape index (κ3) is 2.28. The Balaban J connectivity index is 1.29. The Morgan fingerprint density at radius 1 is 1.13 bits per heavy atom. The Hall–Kier alpha value is -1.51. The van der Waals surface area contributed by atoms with Gasteiger partial charge in [0.1, 0.15) is 5.75 Å². The molecule has 0 aromatic heterocycles. The molecule has 4 saturated carbocycles. The Labute approximate surface area is 137 Å². The summed E-state index contributed by atoms with van der Waals surface area (Å²) in [6, 6.07) is 6.33. The van der Waals surface area contributed by atoms with Crippen LogP contribution in [0.15, 0.2) is 18.2 Å². The Kier molecular flexibility index (Phi) is 3.01. The molecule has 4 bridgehead atoms. The molecule has 0 atom stereocenters. The zero-order chi connectivity index (χ0) is 15.4. The van der Waals surface area contributed by atoms with E-state index in [-0.39, 0.29) is 5.41 Å². The van der Waals surface area contributed by atoms with Crippen molar-refractivity contribution in [3.63, 3.8) is 0 Å². The van der Waals surface area contributed by atoms with Crippen LogP contribution < -0.4 is 10.1 Å². The van der Waals surface area contributed by atoms with E-state index in [2.05, 4.69) is 23.5 Å². The van der Waals surface area contributed by atoms with Gasteiger partial charge >= 0.3 is 0 Å². The number of amides is 1. The molecule has 1 aromatic carbocycles. The first-order chi connectivity index (χ1) is 11.2. The van der Waals surface area contributed by atoms with Gasteiger partial charge in [-0.05, 0) is 73.5 Å². The first-order valence-electron chi connectivity index (χ1n) is 9.23. The average molecular weight is 311 g/mol. The van der Waals surface area contributed by atoms with Gasteiger partial charge in [-0.3, -0.25) is 4.79 Å². The minimum absolute atomic E-state index is 0.0331. The van der Waals surface area contributed by atoms with Crippen LogP contribution >= 0.6 is 0 Å². The molecule has 6 rings (SSSR count). The lowest BCUT2D eigenvalue weighted by Gasteiger charge is -2.55. The number of ether oxygens (including phenoxy) is 1. The second-order valence-electron chi connectivity index (χ2n) is 8.42. The molecule has 0 radical (unpaired) electrons. The van der Waals surface area contributed by atoms with Crippen molar-refractivity contribution >= 4 is 5.91 Å². The summed E-state index contributed by atoms with van der Waals surface area (Å²) < 4.78 is 5.56. The van der Waals surface area contributed by atoms with E-state index in [1.165, 1.54) is 30.4 Å². The highest BCUT2D eigenvalue weighted by Gasteiger charge is 2.54. The molecule has 1 aliphatic heterocycles. The highest BCUT2D eigenvalue weighted by molar-refractivity contribution is 5.83. The van der Waals surface area contributed by atoms with E-state index < -0.39 is 0 Å². The summed E-state index contributed by atoms with van der Waals surface area (Å²) in [7, 11) is 0. The fraction of sp³-hybridized carbons (Fsp3) is 0.650. The highest BCUT2D eigenvalue weighted by Crippen LogP contribution is 2.60. The van der Waals surface area contributed by atoms with Crippen molar-refractivity contribution in [3.05, 3.63) is 29.3 Å². The van der Waals surface area contributed by atoms with Crippen molar-refractivity contribution in [1.82, 2.24) is 5.32 Å². The molecule has 1 heterocycles. The number of hydrogen-bond donors (Lipinski definition) is 1. The van der Waals surface area contributed by atoms with Crippen LogP contribution in [0, 0.1) is 23.2 Å². The fourth-order valence-electron chi connectivity index (χ4n) is 6.11. The van der Waals surface area contributed by atoms with Crippen LogP contribution in [0.1, 0.15) is 49.7 Å². The van der Waals surface area contributed by atoms with Crippen LogP contribution in [0.25, 0.3) is 0 Å². The summed E-state index contributed by atoms with van der Waals surface area (Å²) >= 11 is 0. The molecule has 0 saturated heterocycles. The number of benzene rings is 1. The second kappa shape index (κ2) is 4.99. The molecule has 1 N–H and O–H groups in total. The summed E-state index contributed by atoms with van der Waals surface area (Å²) in [5.41, 5.74) is 2.45. The summed E-state index contributed by atoms with van der Waals surface area (Å²) in [6.07, 6.45) is 8.58. The van der Waals surface area contributed by atoms with Crippen molar-refractivity contribution in [1.29, 1.82) is 0 Å². The molecule has 5 aliphatic rings. The van der Waals surface area contributed by atoms with Gasteiger partial charge in [-0.25, -0.2) is 0 Å². The zero-order valence-corrected chi connectivity index (χ0v) is 13.6. The molecule has 1 aromatic rings. The number of nitrogens with one attached hydrogen (secondary N) is 1. The molecular formula is C20H25NO2. The van der Waals surface area contributed by atoms with E-state index >= 15 is 0 Å². The van der Waals surface area contributed by atoms with Gasteiger partial charge in [0, 0.05) is 18.4 Å². The number of fused-ring (bicyclic) bond motifs is 1. The van der Waals surface area contributed by atoms with Gasteiger partial charge < -0.3 is 10.1 Å². The average Bonchev–Trinajstić information content (AvgIpc) is 2.99. The van der Waals surface area contributed by atoms with E-state index in [4.69, 9.17) is 4.74 Å². The van der Waals surface area contributed by atoms with Crippen molar-refractivity contribution in [2.24, 2.45) is 23.2 Å². The summed E-state index contributed by atoms with van der Waals surface area (Å²) in [6.45, 7) is 1.45. The van der Waals surface area contributed by atoms with Crippen LogP contribution in [0.4, 0.5) is 0 Å². The van der Waals surface area contributed by atoms with E-state index in [1.807, 2.05) is 0 Å². The molecule has 122 valence electrons. The maximum Gasteiger partial charge on any atom is 0.226 e. The van der Waals surface area contributed by atoms with E-state index in [0.29, 0.717) is 12.5 Å². The van der Waals surface area contributed by atoms with Gasteiger partial charge in [-0.15, -0.1) is 0 Å². The Bertz CT molecular complexity index is 616. The maximum atomic E-state index is 13.0. The van der Waals surface area contributed by atoms with Gasteiger partial charge in [-0.2, -0.15) is 0 Å². The van der Waals surface area contributed by atoms with E-state index in [0.717, 1.165) is 55.8 Å². The highest BCUT2D eigenvalue weighted by atomic mass is 16.5. The summed E-state index contributed by atoms with van der Waals surface area (Å²) in [5, 5.41) is 3.27. The zero-order valence-electron chi connectivity index (χ0n) is 13.6. The lowest BCUT2D eigenvalue weighted by molar-refractivity contribution is -0.146. The molecule has 0 unspecified atom stereocenters. The lowest BCUT2D eigenvalue weighted by atomic mass is 9.49. The van der Waals surface area contributed by atoms with Crippen LogP contribution in [-0.2, 0) is 17.8 Å². The molecule has 4 aliphatic carbocycles. The third-order valence-electron chi connectivity index (χ3n) is 6.73. The molecule has 0 spiro atoms. The fourth-order valence-corrected chi connectivity index (χ4v) is 6.11. The lowest BCUT2D eigenvalue weighted by Crippen LogP contribution is -2.53. The van der Waals surface area contributed by atoms with Gasteiger partial charge in [0.15, 0.2) is 0 Å². The molecule has 3 heteroatoms.